The molecule has 0 aromatic rings. The third-order valence-corrected chi connectivity index (χ3v) is 1.57. The van der Waals surface area contributed by atoms with E-state index >= 15 is 0 Å². The van der Waals surface area contributed by atoms with E-state index in [1.807, 2.05) is 0 Å². The quantitative estimate of drug-likeness (QED) is 0.321. The Balaban J connectivity index is 2.99. The van der Waals surface area contributed by atoms with E-state index in [-0.39, 0.29) is 11.8 Å². The van der Waals surface area contributed by atoms with Crippen molar-refractivity contribution in [2.45, 2.75) is 12.8 Å². The van der Waals surface area contributed by atoms with Crippen LogP contribution in [-0.4, -0.2) is 38.0 Å². The Morgan fingerprint density at radius 1 is 0.786 bits per heavy atom. The summed E-state index contributed by atoms with van der Waals surface area (Å²) in [5.41, 5.74) is 9.88. The van der Waals surface area contributed by atoms with E-state index in [2.05, 4.69) is 10.6 Å². The second-order valence-electron chi connectivity index (χ2n) is 2.93. The van der Waals surface area contributed by atoms with Gasteiger partial charge in [0.15, 0.2) is 0 Å². The summed E-state index contributed by atoms with van der Waals surface area (Å²) in [5.74, 6) is -0.613. The van der Waals surface area contributed by atoms with Crippen molar-refractivity contribution >= 4 is 11.8 Å². The molecule has 2 amide bonds. The molecule has 0 saturated carbocycles. The predicted molar refractivity (Wildman–Crippen MR) is 53.4 cm³/mol. The molecule has 0 saturated heterocycles. The maximum absolute atomic E-state index is 10.3. The lowest BCUT2D eigenvalue weighted by atomic mass is 10.4. The average molecular weight is 202 g/mol. The molecule has 0 fully saturated rings. The second kappa shape index (κ2) is 8.46. The van der Waals surface area contributed by atoms with Crippen molar-refractivity contribution in [2.75, 3.05) is 26.2 Å². The van der Waals surface area contributed by atoms with Gasteiger partial charge in [-0.1, -0.05) is 0 Å². The van der Waals surface area contributed by atoms with E-state index in [9.17, 15) is 9.59 Å². The van der Waals surface area contributed by atoms with Gasteiger partial charge in [-0.05, 0) is 0 Å². The number of carbonyl (C=O) groups is 2. The molecule has 0 atom stereocenters. The molecule has 0 spiro atoms. The Morgan fingerprint density at radius 3 is 1.43 bits per heavy atom. The van der Waals surface area contributed by atoms with E-state index in [1.54, 1.807) is 0 Å². The summed E-state index contributed by atoms with van der Waals surface area (Å²) < 4.78 is 0. The van der Waals surface area contributed by atoms with Crippen molar-refractivity contribution in [3.63, 3.8) is 0 Å². The van der Waals surface area contributed by atoms with Gasteiger partial charge in [-0.2, -0.15) is 0 Å². The SMILES string of the molecule is NC(=O)CCNCCNCCC(N)=O. The Morgan fingerprint density at radius 2 is 1.14 bits per heavy atom. The first kappa shape index (κ1) is 12.9. The third-order valence-electron chi connectivity index (χ3n) is 1.57. The van der Waals surface area contributed by atoms with Crippen LogP contribution in [0.1, 0.15) is 12.8 Å². The molecule has 0 aliphatic rings. The maximum atomic E-state index is 10.3. The van der Waals surface area contributed by atoms with Gasteiger partial charge >= 0.3 is 0 Å². The van der Waals surface area contributed by atoms with Gasteiger partial charge < -0.3 is 22.1 Å². The number of hydrogen-bond donors (Lipinski definition) is 4. The smallest absolute Gasteiger partial charge is 0.218 e. The molecule has 0 heterocycles. The molecule has 6 heteroatoms. The minimum Gasteiger partial charge on any atom is -0.370 e. The largest absolute Gasteiger partial charge is 0.370 e. The summed E-state index contributed by atoms with van der Waals surface area (Å²) in [4.78, 5) is 20.6. The summed E-state index contributed by atoms with van der Waals surface area (Å²) in [6.07, 6.45) is 0.697. The molecular weight excluding hydrogens is 184 g/mol. The van der Waals surface area contributed by atoms with Gasteiger partial charge in [0.1, 0.15) is 0 Å². The van der Waals surface area contributed by atoms with E-state index in [4.69, 9.17) is 11.5 Å². The fourth-order valence-electron chi connectivity index (χ4n) is 0.850. The number of nitrogens with one attached hydrogen (secondary N) is 2. The summed E-state index contributed by atoms with van der Waals surface area (Å²) >= 11 is 0. The fourth-order valence-corrected chi connectivity index (χ4v) is 0.850. The van der Waals surface area contributed by atoms with Gasteiger partial charge in [0.2, 0.25) is 11.8 Å². The van der Waals surface area contributed by atoms with E-state index in [0.717, 1.165) is 13.1 Å². The number of carbonyl (C=O) groups excluding carboxylic acids is 2. The van der Waals surface area contributed by atoms with Crippen molar-refractivity contribution in [3.05, 3.63) is 0 Å². The maximum Gasteiger partial charge on any atom is 0.218 e. The van der Waals surface area contributed by atoms with Crippen molar-refractivity contribution in [2.24, 2.45) is 11.5 Å². The second-order valence-corrected chi connectivity index (χ2v) is 2.93. The van der Waals surface area contributed by atoms with Crippen LogP contribution in [0.15, 0.2) is 0 Å². The molecule has 14 heavy (non-hydrogen) atoms. The van der Waals surface area contributed by atoms with Crippen LogP contribution < -0.4 is 22.1 Å². The van der Waals surface area contributed by atoms with Crippen LogP contribution in [0, 0.1) is 0 Å². The first-order valence-electron chi connectivity index (χ1n) is 4.61. The lowest BCUT2D eigenvalue weighted by Gasteiger charge is -2.04. The molecule has 0 rings (SSSR count). The van der Waals surface area contributed by atoms with Crippen LogP contribution >= 0.6 is 0 Å². The van der Waals surface area contributed by atoms with Gasteiger partial charge in [0.25, 0.3) is 0 Å². The van der Waals surface area contributed by atoms with Crippen LogP contribution in [0.4, 0.5) is 0 Å². The zero-order valence-corrected chi connectivity index (χ0v) is 8.21. The van der Waals surface area contributed by atoms with Gasteiger partial charge in [0.05, 0.1) is 0 Å². The summed E-state index contributed by atoms with van der Waals surface area (Å²) in [7, 11) is 0. The highest BCUT2D eigenvalue weighted by Gasteiger charge is 1.94. The lowest BCUT2D eigenvalue weighted by molar-refractivity contribution is -0.118. The van der Waals surface area contributed by atoms with Gasteiger partial charge in [0, 0.05) is 39.0 Å². The summed E-state index contributed by atoms with van der Waals surface area (Å²) in [5, 5.41) is 6.05. The molecule has 6 N–H and O–H groups in total. The van der Waals surface area contributed by atoms with Gasteiger partial charge in [-0.15, -0.1) is 0 Å². The summed E-state index contributed by atoms with van der Waals surface area (Å²) in [6.45, 7) is 2.66. The predicted octanol–water partition coefficient (Wildman–Crippen LogP) is -2.08. The normalized spacial score (nSPS) is 10.0. The van der Waals surface area contributed by atoms with Crippen molar-refractivity contribution in [1.29, 1.82) is 0 Å². The van der Waals surface area contributed by atoms with Crippen LogP contribution in [-0.2, 0) is 9.59 Å². The highest BCUT2D eigenvalue weighted by atomic mass is 16.1. The van der Waals surface area contributed by atoms with Crippen molar-refractivity contribution in [3.8, 4) is 0 Å². The van der Waals surface area contributed by atoms with Gasteiger partial charge in [-0.25, -0.2) is 0 Å². The van der Waals surface area contributed by atoms with Crippen molar-refractivity contribution < 1.29 is 9.59 Å². The number of hydrogen-bond acceptors (Lipinski definition) is 4. The standard InChI is InChI=1S/C8H18N4O2/c9-7(13)1-3-11-5-6-12-4-2-8(10)14/h11-12H,1-6H2,(H2,9,13)(H2,10,14). The van der Waals surface area contributed by atoms with Crippen LogP contribution in [0.5, 0.6) is 0 Å². The Hall–Kier alpha value is -1.14. The number of primary amides is 2. The first-order valence-corrected chi connectivity index (χ1v) is 4.61. The molecule has 0 radical (unpaired) electrons. The molecular formula is C8H18N4O2. The van der Waals surface area contributed by atoms with Crippen LogP contribution in [0.2, 0.25) is 0 Å². The molecule has 0 aliphatic carbocycles. The van der Waals surface area contributed by atoms with Crippen molar-refractivity contribution in [1.82, 2.24) is 10.6 Å². The van der Waals surface area contributed by atoms with Gasteiger partial charge in [-0.3, -0.25) is 9.59 Å². The molecule has 0 aromatic carbocycles. The van der Waals surface area contributed by atoms with E-state index in [0.29, 0.717) is 25.9 Å². The minimum atomic E-state index is -0.306. The Kier molecular flexibility index (Phi) is 7.77. The number of amides is 2. The Bertz CT molecular complexity index is 164. The first-order chi connectivity index (χ1) is 6.63. The molecule has 82 valence electrons. The summed E-state index contributed by atoms with van der Waals surface area (Å²) in [6, 6.07) is 0. The zero-order chi connectivity index (χ0) is 10.8. The molecule has 0 aromatic heterocycles. The Labute approximate surface area is 83.4 Å². The van der Waals surface area contributed by atoms with Crippen LogP contribution in [0.3, 0.4) is 0 Å². The lowest BCUT2D eigenvalue weighted by Crippen LogP contribution is -2.31. The van der Waals surface area contributed by atoms with E-state index in [1.165, 1.54) is 0 Å². The topological polar surface area (TPSA) is 110 Å². The fraction of sp³-hybridized carbons (Fsp3) is 0.750. The monoisotopic (exact) mass is 202 g/mol. The number of nitrogens with two attached hydrogens (primary N) is 2. The minimum absolute atomic E-state index is 0.306. The zero-order valence-electron chi connectivity index (χ0n) is 8.21. The third kappa shape index (κ3) is 10.9. The number of rotatable bonds is 9. The molecule has 0 bridgehead atoms. The highest BCUT2D eigenvalue weighted by Crippen LogP contribution is 1.73. The molecule has 6 nitrogen and oxygen atoms in total. The van der Waals surface area contributed by atoms with Crippen LogP contribution in [0.25, 0.3) is 0 Å². The molecule has 0 unspecified atom stereocenters. The highest BCUT2D eigenvalue weighted by molar-refractivity contribution is 5.74. The van der Waals surface area contributed by atoms with E-state index < -0.39 is 0 Å². The molecule has 0 aliphatic heterocycles. The average Bonchev–Trinajstić information content (AvgIpc) is 2.08.